The highest BCUT2D eigenvalue weighted by molar-refractivity contribution is 7.18. The van der Waals surface area contributed by atoms with Crippen molar-refractivity contribution in [2.24, 2.45) is 5.10 Å². The van der Waals surface area contributed by atoms with Crippen LogP contribution in [0.25, 0.3) is 10.2 Å². The normalized spacial score (nSPS) is 13.8. The number of fused-ring (bicyclic) bond motifs is 2. The van der Waals surface area contributed by atoms with E-state index in [2.05, 4.69) is 10.1 Å². The second kappa shape index (κ2) is 5.76. The second-order valence-electron chi connectivity index (χ2n) is 5.51. The Labute approximate surface area is 142 Å². The largest absolute Gasteiger partial charge is 0.486 e. The van der Waals surface area contributed by atoms with Gasteiger partial charge in [0.1, 0.15) is 24.4 Å². The van der Waals surface area contributed by atoms with Crippen LogP contribution in [0.1, 0.15) is 16.0 Å². The summed E-state index contributed by atoms with van der Waals surface area (Å²) in [6.45, 7) is 5.02. The predicted octanol–water partition coefficient (Wildman–Crippen LogP) is 2.73. The van der Waals surface area contributed by atoms with Gasteiger partial charge < -0.3 is 9.47 Å². The van der Waals surface area contributed by atoms with Gasteiger partial charge in [-0.05, 0) is 43.2 Å². The Hall–Kier alpha value is -2.67. The first-order valence-corrected chi connectivity index (χ1v) is 8.36. The Morgan fingerprint density at radius 3 is 2.88 bits per heavy atom. The Balaban J connectivity index is 1.71. The van der Waals surface area contributed by atoms with E-state index in [1.54, 1.807) is 6.21 Å². The molecular weight excluding hydrogens is 326 g/mol. The minimum atomic E-state index is -0.157. The topological polar surface area (TPSA) is 65.7 Å². The monoisotopic (exact) mass is 341 g/mol. The van der Waals surface area contributed by atoms with Crippen molar-refractivity contribution in [1.82, 2.24) is 9.66 Å². The summed E-state index contributed by atoms with van der Waals surface area (Å²) in [5.74, 6) is 1.42. The van der Waals surface area contributed by atoms with Crippen molar-refractivity contribution in [2.75, 3.05) is 13.2 Å². The highest BCUT2D eigenvalue weighted by Crippen LogP contribution is 2.30. The lowest BCUT2D eigenvalue weighted by atomic mass is 10.2. The number of hydrogen-bond acceptors (Lipinski definition) is 6. The zero-order chi connectivity index (χ0) is 16.7. The van der Waals surface area contributed by atoms with Crippen molar-refractivity contribution in [3.8, 4) is 11.5 Å². The highest BCUT2D eigenvalue weighted by atomic mass is 32.1. The van der Waals surface area contributed by atoms with E-state index in [9.17, 15) is 4.79 Å². The quantitative estimate of drug-likeness (QED) is 0.672. The third-order valence-electron chi connectivity index (χ3n) is 3.97. The zero-order valence-corrected chi connectivity index (χ0v) is 14.1. The van der Waals surface area contributed by atoms with Crippen LogP contribution in [0.4, 0.5) is 0 Å². The van der Waals surface area contributed by atoms with Crippen molar-refractivity contribution in [3.05, 3.63) is 50.9 Å². The van der Waals surface area contributed by atoms with Gasteiger partial charge in [0.15, 0.2) is 11.5 Å². The molecule has 0 atom stereocenters. The van der Waals surface area contributed by atoms with E-state index in [0.29, 0.717) is 24.3 Å². The molecule has 0 spiro atoms. The molecule has 0 bridgehead atoms. The Bertz CT molecular complexity index is 1020. The number of aryl methyl sites for hydroxylation is 2. The van der Waals surface area contributed by atoms with Crippen LogP contribution in [0.3, 0.4) is 0 Å². The number of ether oxygens (including phenoxy) is 2. The summed E-state index contributed by atoms with van der Waals surface area (Å²) in [4.78, 5) is 18.8. The van der Waals surface area contributed by atoms with Crippen LogP contribution in [0.2, 0.25) is 0 Å². The van der Waals surface area contributed by atoms with Gasteiger partial charge in [0.25, 0.3) is 5.56 Å². The molecule has 1 aromatic carbocycles. The molecule has 0 radical (unpaired) electrons. The molecule has 3 aromatic rings. The molecule has 7 heteroatoms. The smallest absolute Gasteiger partial charge is 0.282 e. The molecule has 0 N–H and O–H groups in total. The molecule has 0 saturated heterocycles. The van der Waals surface area contributed by atoms with E-state index in [0.717, 1.165) is 26.6 Å². The lowest BCUT2D eigenvalue weighted by Gasteiger charge is -2.18. The molecule has 0 unspecified atom stereocenters. The number of benzene rings is 1. The third kappa shape index (κ3) is 2.46. The minimum Gasteiger partial charge on any atom is -0.486 e. The Kier molecular flexibility index (Phi) is 3.57. The molecular formula is C17H15N3O3S. The van der Waals surface area contributed by atoms with Gasteiger partial charge in [-0.2, -0.15) is 9.78 Å². The first kappa shape index (κ1) is 14.9. The van der Waals surface area contributed by atoms with Crippen LogP contribution < -0.4 is 15.0 Å². The molecule has 6 nitrogen and oxygen atoms in total. The number of aromatic nitrogens is 2. The van der Waals surface area contributed by atoms with E-state index < -0.39 is 0 Å². The number of rotatable bonds is 2. The van der Waals surface area contributed by atoms with Crippen LogP contribution in [-0.4, -0.2) is 29.1 Å². The van der Waals surface area contributed by atoms with Gasteiger partial charge in [0.05, 0.1) is 11.6 Å². The number of nitrogens with zero attached hydrogens (tertiary/aromatic N) is 3. The van der Waals surface area contributed by atoms with E-state index in [4.69, 9.17) is 9.47 Å². The summed E-state index contributed by atoms with van der Waals surface area (Å²) in [7, 11) is 0. The summed E-state index contributed by atoms with van der Waals surface area (Å²) < 4.78 is 12.3. The van der Waals surface area contributed by atoms with Crippen molar-refractivity contribution in [3.63, 3.8) is 0 Å². The zero-order valence-electron chi connectivity index (χ0n) is 13.3. The fourth-order valence-electron chi connectivity index (χ4n) is 2.58. The molecule has 0 aliphatic carbocycles. The first-order valence-electron chi connectivity index (χ1n) is 7.55. The van der Waals surface area contributed by atoms with Gasteiger partial charge in [-0.3, -0.25) is 4.79 Å². The van der Waals surface area contributed by atoms with Crippen molar-refractivity contribution in [2.45, 2.75) is 13.8 Å². The summed E-state index contributed by atoms with van der Waals surface area (Å²) in [5.41, 5.74) is 1.64. The molecule has 0 amide bonds. The number of thiophene rings is 1. The van der Waals surface area contributed by atoms with Crippen molar-refractivity contribution < 1.29 is 9.47 Å². The van der Waals surface area contributed by atoms with E-state index in [-0.39, 0.29) is 5.56 Å². The first-order chi connectivity index (χ1) is 11.6. The van der Waals surface area contributed by atoms with Crippen LogP contribution >= 0.6 is 11.3 Å². The van der Waals surface area contributed by atoms with Gasteiger partial charge in [-0.25, -0.2) is 4.98 Å². The summed E-state index contributed by atoms with van der Waals surface area (Å²) in [6, 6.07) is 5.55. The molecule has 1 aliphatic heterocycles. The summed E-state index contributed by atoms with van der Waals surface area (Å²) in [6.07, 6.45) is 3.07. The number of hydrogen-bond donors (Lipinski definition) is 0. The molecule has 0 fully saturated rings. The van der Waals surface area contributed by atoms with Crippen LogP contribution in [0.5, 0.6) is 11.5 Å². The standard InChI is InChI=1S/C17H15N3O3S/c1-10-11(2)24-16-15(10)17(21)20(9-18-16)19-8-12-3-4-13-14(7-12)23-6-5-22-13/h3-4,7-9H,5-6H2,1-2H3/b19-8+. The molecule has 4 rings (SSSR count). The molecule has 122 valence electrons. The highest BCUT2D eigenvalue weighted by Gasteiger charge is 2.12. The molecule has 3 heterocycles. The average molecular weight is 341 g/mol. The van der Waals surface area contributed by atoms with E-state index in [1.807, 2.05) is 32.0 Å². The summed E-state index contributed by atoms with van der Waals surface area (Å²) in [5, 5.41) is 4.89. The van der Waals surface area contributed by atoms with Gasteiger partial charge in [-0.15, -0.1) is 11.3 Å². The minimum absolute atomic E-state index is 0.157. The van der Waals surface area contributed by atoms with Crippen LogP contribution in [0, 0.1) is 13.8 Å². The SMILES string of the molecule is Cc1sc2ncn(/N=C/c3ccc4c(c3)OCCO4)c(=O)c2c1C. The van der Waals surface area contributed by atoms with Crippen molar-refractivity contribution >= 4 is 27.8 Å². The maximum atomic E-state index is 12.6. The lowest BCUT2D eigenvalue weighted by Crippen LogP contribution is -2.17. The fourth-order valence-corrected chi connectivity index (χ4v) is 3.56. The van der Waals surface area contributed by atoms with Crippen LogP contribution in [0.15, 0.2) is 34.4 Å². The van der Waals surface area contributed by atoms with Gasteiger partial charge >= 0.3 is 0 Å². The van der Waals surface area contributed by atoms with Gasteiger partial charge in [0.2, 0.25) is 0 Å². The third-order valence-corrected chi connectivity index (χ3v) is 5.09. The maximum absolute atomic E-state index is 12.6. The average Bonchev–Trinajstić information content (AvgIpc) is 2.89. The van der Waals surface area contributed by atoms with Crippen molar-refractivity contribution in [1.29, 1.82) is 0 Å². The van der Waals surface area contributed by atoms with Gasteiger partial charge in [0, 0.05) is 4.88 Å². The Morgan fingerprint density at radius 1 is 1.25 bits per heavy atom. The van der Waals surface area contributed by atoms with E-state index in [1.165, 1.54) is 22.3 Å². The second-order valence-corrected chi connectivity index (χ2v) is 6.71. The molecule has 2 aromatic heterocycles. The molecule has 1 aliphatic rings. The Morgan fingerprint density at radius 2 is 2.04 bits per heavy atom. The van der Waals surface area contributed by atoms with Gasteiger partial charge in [-0.1, -0.05) is 0 Å². The lowest BCUT2D eigenvalue weighted by molar-refractivity contribution is 0.171. The summed E-state index contributed by atoms with van der Waals surface area (Å²) >= 11 is 1.52. The molecule has 0 saturated carbocycles. The predicted molar refractivity (Wildman–Crippen MR) is 93.8 cm³/mol. The maximum Gasteiger partial charge on any atom is 0.282 e. The molecule has 24 heavy (non-hydrogen) atoms. The fraction of sp³-hybridized carbons (Fsp3) is 0.235. The van der Waals surface area contributed by atoms with Crippen LogP contribution in [-0.2, 0) is 0 Å². The van der Waals surface area contributed by atoms with E-state index >= 15 is 0 Å².